The first-order valence-electron chi connectivity index (χ1n) is 4.52. The predicted molar refractivity (Wildman–Crippen MR) is 64.8 cm³/mol. The molecule has 0 radical (unpaired) electrons. The van der Waals surface area contributed by atoms with Crippen molar-refractivity contribution in [2.45, 2.75) is 13.0 Å². The van der Waals surface area contributed by atoms with Crippen molar-refractivity contribution < 1.29 is 0 Å². The van der Waals surface area contributed by atoms with Gasteiger partial charge in [0.2, 0.25) is 0 Å². The number of imidazole rings is 1. The van der Waals surface area contributed by atoms with Crippen molar-refractivity contribution in [3.63, 3.8) is 0 Å². The summed E-state index contributed by atoms with van der Waals surface area (Å²) in [5.74, 6) is 0. The molecular formula is C10H10ClN3S. The zero-order valence-corrected chi connectivity index (χ0v) is 9.77. The fourth-order valence-electron chi connectivity index (χ4n) is 1.47. The summed E-state index contributed by atoms with van der Waals surface area (Å²) in [7, 11) is 0. The molecule has 1 N–H and O–H groups in total. The summed E-state index contributed by atoms with van der Waals surface area (Å²) in [6.07, 6.45) is 3.43. The fraction of sp³-hybridized carbons (Fsp3) is 0.200. The smallest absolute Gasteiger partial charge is 0.179 e. The maximum absolute atomic E-state index is 5.85. The van der Waals surface area contributed by atoms with Crippen LogP contribution in [-0.2, 0) is 0 Å². The molecule has 78 valence electrons. The van der Waals surface area contributed by atoms with E-state index in [1.807, 2.05) is 23.6 Å². The molecule has 2 heterocycles. The molecule has 0 saturated heterocycles. The van der Waals surface area contributed by atoms with Gasteiger partial charge in [0.15, 0.2) is 10.4 Å². The van der Waals surface area contributed by atoms with Crippen molar-refractivity contribution in [1.29, 1.82) is 0 Å². The van der Waals surface area contributed by atoms with Crippen molar-refractivity contribution in [2.75, 3.05) is 0 Å². The van der Waals surface area contributed by atoms with E-state index in [4.69, 9.17) is 23.8 Å². The molecule has 0 saturated carbocycles. The minimum Gasteiger partial charge on any atom is -0.329 e. The zero-order chi connectivity index (χ0) is 11.0. The molecule has 1 atom stereocenters. The highest BCUT2D eigenvalue weighted by Crippen LogP contribution is 2.20. The molecular weight excluding hydrogens is 230 g/mol. The van der Waals surface area contributed by atoms with E-state index in [1.165, 1.54) is 0 Å². The van der Waals surface area contributed by atoms with Crippen molar-refractivity contribution in [3.05, 3.63) is 34.7 Å². The van der Waals surface area contributed by atoms with Crippen LogP contribution in [0.1, 0.15) is 13.0 Å². The molecule has 5 heteroatoms. The average Bonchev–Trinajstić information content (AvgIpc) is 2.52. The van der Waals surface area contributed by atoms with E-state index < -0.39 is 0 Å². The average molecular weight is 240 g/mol. The van der Waals surface area contributed by atoms with E-state index in [0.29, 0.717) is 9.79 Å². The Morgan fingerprint density at radius 1 is 1.73 bits per heavy atom. The number of allylic oxidation sites excluding steroid dienone is 1. The SMILES string of the molecule is C=CC(C)n1c(=S)[nH]c2cc(Cl)cnc21. The number of aromatic amines is 1. The minimum atomic E-state index is 0.111. The molecule has 0 aliphatic heterocycles. The summed E-state index contributed by atoms with van der Waals surface area (Å²) >= 11 is 11.1. The number of nitrogens with one attached hydrogen (secondary N) is 1. The molecule has 2 aromatic rings. The number of H-pyrrole nitrogens is 1. The number of fused-ring (bicyclic) bond motifs is 1. The van der Waals surface area contributed by atoms with E-state index in [-0.39, 0.29) is 6.04 Å². The van der Waals surface area contributed by atoms with Gasteiger partial charge < -0.3 is 4.98 Å². The van der Waals surface area contributed by atoms with Crippen LogP contribution >= 0.6 is 23.8 Å². The summed E-state index contributed by atoms with van der Waals surface area (Å²) in [5, 5.41) is 0.595. The topological polar surface area (TPSA) is 33.6 Å². The van der Waals surface area contributed by atoms with Crippen LogP contribution in [0.4, 0.5) is 0 Å². The molecule has 0 aliphatic rings. The van der Waals surface area contributed by atoms with Crippen LogP contribution in [0.5, 0.6) is 0 Å². The van der Waals surface area contributed by atoms with Crippen LogP contribution in [0.3, 0.4) is 0 Å². The summed E-state index contributed by atoms with van der Waals surface area (Å²) in [6, 6.07) is 1.92. The Morgan fingerprint density at radius 2 is 2.47 bits per heavy atom. The molecule has 3 nitrogen and oxygen atoms in total. The first-order valence-corrected chi connectivity index (χ1v) is 5.30. The molecule has 1 unspecified atom stereocenters. The molecule has 2 aromatic heterocycles. The van der Waals surface area contributed by atoms with Crippen LogP contribution in [0.15, 0.2) is 24.9 Å². The summed E-state index contributed by atoms with van der Waals surface area (Å²) in [6.45, 7) is 5.75. The van der Waals surface area contributed by atoms with Gasteiger partial charge in [-0.2, -0.15) is 0 Å². The van der Waals surface area contributed by atoms with Crippen molar-refractivity contribution in [2.24, 2.45) is 0 Å². The Balaban J connectivity index is 2.79. The highest BCUT2D eigenvalue weighted by Gasteiger charge is 2.09. The van der Waals surface area contributed by atoms with Crippen LogP contribution in [-0.4, -0.2) is 14.5 Å². The lowest BCUT2D eigenvalue weighted by molar-refractivity contribution is 0.667. The molecule has 15 heavy (non-hydrogen) atoms. The van der Waals surface area contributed by atoms with Crippen LogP contribution in [0.2, 0.25) is 5.02 Å². The second-order valence-corrected chi connectivity index (χ2v) is 4.12. The maximum Gasteiger partial charge on any atom is 0.179 e. The lowest BCUT2D eigenvalue weighted by Crippen LogP contribution is -2.02. The van der Waals surface area contributed by atoms with Gasteiger partial charge in [-0.15, -0.1) is 6.58 Å². The van der Waals surface area contributed by atoms with Gasteiger partial charge >= 0.3 is 0 Å². The fourth-order valence-corrected chi connectivity index (χ4v) is 1.99. The predicted octanol–water partition coefficient (Wildman–Crippen LogP) is 3.49. The van der Waals surface area contributed by atoms with E-state index in [0.717, 1.165) is 11.2 Å². The second-order valence-electron chi connectivity index (χ2n) is 3.30. The third-order valence-corrected chi connectivity index (χ3v) is 2.78. The van der Waals surface area contributed by atoms with Gasteiger partial charge in [0.25, 0.3) is 0 Å². The summed E-state index contributed by atoms with van der Waals surface area (Å²) < 4.78 is 2.54. The molecule has 0 bridgehead atoms. The third-order valence-electron chi connectivity index (χ3n) is 2.27. The van der Waals surface area contributed by atoms with Crippen LogP contribution < -0.4 is 0 Å². The van der Waals surface area contributed by atoms with Gasteiger partial charge in [-0.25, -0.2) is 4.98 Å². The second kappa shape index (κ2) is 3.79. The largest absolute Gasteiger partial charge is 0.329 e. The summed E-state index contributed by atoms with van der Waals surface area (Å²) in [4.78, 5) is 7.32. The van der Waals surface area contributed by atoms with E-state index in [2.05, 4.69) is 16.5 Å². The summed E-state index contributed by atoms with van der Waals surface area (Å²) in [5.41, 5.74) is 1.65. The van der Waals surface area contributed by atoms with E-state index in [1.54, 1.807) is 6.20 Å². The van der Waals surface area contributed by atoms with Gasteiger partial charge in [0, 0.05) is 6.20 Å². The van der Waals surface area contributed by atoms with Gasteiger partial charge in [-0.1, -0.05) is 17.7 Å². The number of hydrogen-bond acceptors (Lipinski definition) is 2. The minimum absolute atomic E-state index is 0.111. The Hall–Kier alpha value is -1.13. The number of halogens is 1. The first-order chi connectivity index (χ1) is 7.13. The van der Waals surface area contributed by atoms with Gasteiger partial charge in [-0.3, -0.25) is 4.57 Å². The standard InChI is InChI=1S/C10H10ClN3S/c1-3-6(2)14-9-8(13-10(14)15)4-7(11)5-12-9/h3-6H,1H2,2H3,(H,13,15). The van der Waals surface area contributed by atoms with Crippen molar-refractivity contribution >= 4 is 35.0 Å². The normalized spacial score (nSPS) is 12.9. The van der Waals surface area contributed by atoms with E-state index in [9.17, 15) is 0 Å². The van der Waals surface area contributed by atoms with Gasteiger partial charge in [0.05, 0.1) is 16.6 Å². The van der Waals surface area contributed by atoms with Gasteiger partial charge in [-0.05, 0) is 25.2 Å². The monoisotopic (exact) mass is 239 g/mol. The van der Waals surface area contributed by atoms with Crippen molar-refractivity contribution in [1.82, 2.24) is 14.5 Å². The molecule has 0 aliphatic carbocycles. The molecule has 0 aromatic carbocycles. The van der Waals surface area contributed by atoms with Crippen LogP contribution in [0.25, 0.3) is 11.2 Å². The Morgan fingerprint density at radius 3 is 3.13 bits per heavy atom. The third kappa shape index (κ3) is 1.70. The van der Waals surface area contributed by atoms with E-state index >= 15 is 0 Å². The highest BCUT2D eigenvalue weighted by molar-refractivity contribution is 7.71. The number of nitrogens with zero attached hydrogens (tertiary/aromatic N) is 2. The molecule has 2 rings (SSSR count). The Labute approximate surface area is 97.4 Å². The van der Waals surface area contributed by atoms with Gasteiger partial charge in [0.1, 0.15) is 0 Å². The number of aromatic nitrogens is 3. The quantitative estimate of drug-likeness (QED) is 0.643. The van der Waals surface area contributed by atoms with Crippen molar-refractivity contribution in [3.8, 4) is 0 Å². The number of pyridine rings is 1. The Kier molecular flexibility index (Phi) is 2.63. The lowest BCUT2D eigenvalue weighted by Gasteiger charge is -2.07. The number of rotatable bonds is 2. The lowest BCUT2D eigenvalue weighted by atomic mass is 10.3. The zero-order valence-electron chi connectivity index (χ0n) is 8.20. The molecule has 0 fully saturated rings. The van der Waals surface area contributed by atoms with Crippen LogP contribution in [0, 0.1) is 4.77 Å². The first kappa shape index (κ1) is 10.4. The molecule has 0 amide bonds. The number of hydrogen-bond donors (Lipinski definition) is 1. The highest BCUT2D eigenvalue weighted by atomic mass is 35.5. The maximum atomic E-state index is 5.85. The molecule has 0 spiro atoms. The Bertz CT molecular complexity index is 570.